The van der Waals surface area contributed by atoms with Gasteiger partial charge in [0.25, 0.3) is 0 Å². The molecular formula is C2H2Cl5O2P. The van der Waals surface area contributed by atoms with Crippen LogP contribution in [0.1, 0.15) is 0 Å². The zero-order valence-corrected chi connectivity index (χ0v) is 9.03. The molecule has 0 heterocycles. The summed E-state index contributed by atoms with van der Waals surface area (Å²) >= 11 is 25.5. The lowest BCUT2D eigenvalue weighted by Gasteiger charge is -2.10. The Labute approximate surface area is 82.7 Å². The number of halogens is 5. The van der Waals surface area contributed by atoms with Gasteiger partial charge >= 0.3 is 6.07 Å². The summed E-state index contributed by atoms with van der Waals surface area (Å²) in [5.74, 6) is 0. The van der Waals surface area contributed by atoms with Gasteiger partial charge in [0.05, 0.1) is 0 Å². The highest BCUT2D eigenvalue weighted by Crippen LogP contribution is 2.58. The molecule has 2 nitrogen and oxygen atoms in total. The second-order valence-electron chi connectivity index (χ2n) is 1.30. The van der Waals surface area contributed by atoms with Crippen molar-refractivity contribution in [2.45, 2.75) is 3.79 Å². The fourth-order valence-corrected chi connectivity index (χ4v) is 1.18. The third-order valence-electron chi connectivity index (χ3n) is 0.379. The molecule has 8 heteroatoms. The van der Waals surface area contributed by atoms with Crippen molar-refractivity contribution < 1.29 is 9.09 Å². The van der Waals surface area contributed by atoms with E-state index in [1.807, 2.05) is 0 Å². The second kappa shape index (κ2) is 4.04. The van der Waals surface area contributed by atoms with Crippen LogP contribution in [0.3, 0.4) is 0 Å². The standard InChI is InChI=1S/C2H2Cl5O2P/c3-2(4,5)1-9-10(6,7)8/h1H2. The summed E-state index contributed by atoms with van der Waals surface area (Å²) in [5.41, 5.74) is 0. The molecule has 0 aliphatic heterocycles. The van der Waals surface area contributed by atoms with Crippen LogP contribution >= 0.6 is 63.4 Å². The van der Waals surface area contributed by atoms with Crippen LogP contribution in [0.25, 0.3) is 0 Å². The highest BCUT2D eigenvalue weighted by molar-refractivity contribution is 8.05. The van der Waals surface area contributed by atoms with Crippen LogP contribution in [-0.2, 0) is 9.09 Å². The summed E-state index contributed by atoms with van der Waals surface area (Å²) < 4.78 is 13.0. The third-order valence-corrected chi connectivity index (χ3v) is 1.72. The van der Waals surface area contributed by atoms with Gasteiger partial charge in [0.2, 0.25) is 3.79 Å². The predicted molar refractivity (Wildman–Crippen MR) is 45.6 cm³/mol. The molecule has 0 aromatic rings. The Morgan fingerprint density at radius 3 is 1.80 bits per heavy atom. The van der Waals surface area contributed by atoms with Crippen LogP contribution in [-0.4, -0.2) is 10.4 Å². The van der Waals surface area contributed by atoms with Crippen LogP contribution in [0, 0.1) is 0 Å². The van der Waals surface area contributed by atoms with Crippen molar-refractivity contribution in [3.8, 4) is 0 Å². The molecule has 0 fully saturated rings. The molecule has 0 unspecified atom stereocenters. The van der Waals surface area contributed by atoms with E-state index in [-0.39, 0.29) is 0 Å². The lowest BCUT2D eigenvalue weighted by atomic mass is 10.9. The van der Waals surface area contributed by atoms with E-state index < -0.39 is 16.5 Å². The second-order valence-corrected chi connectivity index (χ2v) is 8.10. The van der Waals surface area contributed by atoms with Crippen molar-refractivity contribution in [1.29, 1.82) is 0 Å². The average Bonchev–Trinajstić information content (AvgIpc) is 1.57. The Morgan fingerprint density at radius 1 is 1.30 bits per heavy atom. The largest absolute Gasteiger partial charge is 0.380 e. The Morgan fingerprint density at radius 2 is 1.70 bits per heavy atom. The lowest BCUT2D eigenvalue weighted by molar-refractivity contribution is 0.342. The average molecular weight is 266 g/mol. The molecule has 0 aromatic heterocycles. The fraction of sp³-hybridized carbons (Fsp3) is 1.00. The molecular weight excluding hydrogens is 264 g/mol. The minimum atomic E-state index is -3.57. The highest BCUT2D eigenvalue weighted by Gasteiger charge is 2.25. The number of hydrogen-bond acceptors (Lipinski definition) is 2. The first-order chi connectivity index (χ1) is 4.21. The molecule has 10 heavy (non-hydrogen) atoms. The summed E-state index contributed by atoms with van der Waals surface area (Å²) in [6.45, 7) is -0.401. The fourth-order valence-electron chi connectivity index (χ4n) is 0.148. The van der Waals surface area contributed by atoms with Crippen molar-refractivity contribution in [2.24, 2.45) is 0 Å². The summed E-state index contributed by atoms with van der Waals surface area (Å²) in [6, 6.07) is 0. The minimum Gasteiger partial charge on any atom is -0.302 e. The van der Waals surface area contributed by atoms with Gasteiger partial charge in [0.1, 0.15) is 6.61 Å². The van der Waals surface area contributed by atoms with Crippen molar-refractivity contribution in [1.82, 2.24) is 0 Å². The minimum absolute atomic E-state index is 0.401. The number of rotatable bonds is 2. The molecule has 0 amide bonds. The predicted octanol–water partition coefficient (Wildman–Crippen LogP) is 3.96. The quantitative estimate of drug-likeness (QED) is 0.558. The van der Waals surface area contributed by atoms with Gasteiger partial charge in [-0.2, -0.15) is 0 Å². The SMILES string of the molecule is O=P(Cl)(Cl)OCC(Cl)(Cl)Cl. The van der Waals surface area contributed by atoms with Crippen LogP contribution in [0.15, 0.2) is 0 Å². The molecule has 0 saturated carbocycles. The Kier molecular flexibility index (Phi) is 4.71. The molecule has 0 aliphatic carbocycles. The summed E-state index contributed by atoms with van der Waals surface area (Å²) in [5, 5.41) is 0. The van der Waals surface area contributed by atoms with Crippen LogP contribution in [0.2, 0.25) is 0 Å². The van der Waals surface area contributed by atoms with Gasteiger partial charge in [-0.1, -0.05) is 34.8 Å². The molecule has 0 aromatic carbocycles. The molecule has 0 aliphatic rings. The molecule has 0 rings (SSSR count). The van der Waals surface area contributed by atoms with E-state index >= 15 is 0 Å². The van der Waals surface area contributed by atoms with E-state index in [2.05, 4.69) is 4.52 Å². The highest BCUT2D eigenvalue weighted by atomic mass is 35.9. The lowest BCUT2D eigenvalue weighted by Crippen LogP contribution is -2.09. The summed E-state index contributed by atoms with van der Waals surface area (Å²) in [4.78, 5) is 0. The summed E-state index contributed by atoms with van der Waals surface area (Å²) in [7, 11) is 0. The number of alkyl halides is 3. The van der Waals surface area contributed by atoms with E-state index in [0.717, 1.165) is 0 Å². The summed E-state index contributed by atoms with van der Waals surface area (Å²) in [6.07, 6.45) is -3.57. The number of hydrogen-bond donors (Lipinski definition) is 0. The molecule has 0 radical (unpaired) electrons. The van der Waals surface area contributed by atoms with Gasteiger partial charge < -0.3 is 4.52 Å². The Bertz CT molecular complexity index is 146. The van der Waals surface area contributed by atoms with E-state index in [0.29, 0.717) is 0 Å². The smallest absolute Gasteiger partial charge is 0.302 e. The van der Waals surface area contributed by atoms with Gasteiger partial charge in [-0.25, -0.2) is 0 Å². The maximum Gasteiger partial charge on any atom is 0.380 e. The van der Waals surface area contributed by atoms with Crippen molar-refractivity contribution >= 4 is 63.4 Å². The van der Waals surface area contributed by atoms with Gasteiger partial charge in [-0.3, -0.25) is 4.57 Å². The van der Waals surface area contributed by atoms with Gasteiger partial charge in [0.15, 0.2) is 0 Å². The Hall–Kier alpha value is 1.64. The van der Waals surface area contributed by atoms with Crippen molar-refractivity contribution in [3.05, 3.63) is 0 Å². The van der Waals surface area contributed by atoms with Gasteiger partial charge in [-0.15, -0.1) is 0 Å². The van der Waals surface area contributed by atoms with Crippen LogP contribution in [0.4, 0.5) is 0 Å². The first-order valence-electron chi connectivity index (χ1n) is 1.91. The topological polar surface area (TPSA) is 26.3 Å². The first kappa shape index (κ1) is 11.6. The molecule has 62 valence electrons. The third kappa shape index (κ3) is 9.64. The maximum atomic E-state index is 10.4. The maximum absolute atomic E-state index is 10.4. The van der Waals surface area contributed by atoms with Crippen LogP contribution in [0.5, 0.6) is 0 Å². The zero-order chi connectivity index (χ0) is 8.41. The molecule has 0 saturated heterocycles. The Balaban J connectivity index is 3.67. The van der Waals surface area contributed by atoms with Gasteiger partial charge in [-0.05, 0) is 22.5 Å². The molecule has 0 spiro atoms. The molecule has 0 atom stereocenters. The normalized spacial score (nSPS) is 13.7. The van der Waals surface area contributed by atoms with Crippen LogP contribution < -0.4 is 0 Å². The van der Waals surface area contributed by atoms with E-state index in [9.17, 15) is 4.57 Å². The van der Waals surface area contributed by atoms with E-state index in [1.54, 1.807) is 0 Å². The molecule has 0 N–H and O–H groups in total. The van der Waals surface area contributed by atoms with Crippen molar-refractivity contribution in [3.63, 3.8) is 0 Å². The van der Waals surface area contributed by atoms with E-state index in [1.165, 1.54) is 0 Å². The van der Waals surface area contributed by atoms with Gasteiger partial charge in [0, 0.05) is 0 Å². The van der Waals surface area contributed by atoms with E-state index in [4.69, 9.17) is 57.3 Å². The van der Waals surface area contributed by atoms with Crippen molar-refractivity contribution in [2.75, 3.05) is 6.61 Å². The first-order valence-corrected chi connectivity index (χ1v) is 6.48. The monoisotopic (exact) mass is 264 g/mol. The zero-order valence-electron chi connectivity index (χ0n) is 4.36. The molecule has 0 bridgehead atoms.